The maximum Gasteiger partial charge on any atom is 0.341 e. The third-order valence-corrected chi connectivity index (χ3v) is 10.5. The summed E-state index contributed by atoms with van der Waals surface area (Å²) in [5.41, 5.74) is 4.10. The molecule has 2 N–H and O–H groups in total. The monoisotopic (exact) mass is 640 g/mol. The van der Waals surface area contributed by atoms with Crippen molar-refractivity contribution in [2.75, 3.05) is 17.2 Å². The molecule has 1 aliphatic carbocycles. The van der Waals surface area contributed by atoms with E-state index in [1.807, 2.05) is 84.9 Å². The van der Waals surface area contributed by atoms with Crippen molar-refractivity contribution in [2.24, 2.45) is 11.3 Å². The Morgan fingerprint density at radius 3 is 2.36 bits per heavy atom. The number of ether oxygens (including phenoxy) is 1. The molecule has 1 aromatic heterocycles. The number of hydrogen-bond donors (Lipinski definition) is 2. The van der Waals surface area contributed by atoms with E-state index in [0.717, 1.165) is 45.7 Å². The number of hydrogen-bond acceptors (Lipinski definition) is 6. The van der Waals surface area contributed by atoms with Crippen LogP contribution in [0.4, 0.5) is 10.7 Å². The lowest BCUT2D eigenvalue weighted by atomic mass is 9.72. The minimum Gasteiger partial charge on any atom is -0.462 e. The number of thiophene rings is 1. The fourth-order valence-corrected chi connectivity index (χ4v) is 8.08. The molecule has 2 atom stereocenters. The van der Waals surface area contributed by atoms with Crippen molar-refractivity contribution < 1.29 is 19.1 Å². The molecule has 234 valence electrons. The zero-order chi connectivity index (χ0) is 32.0. The molecular formula is C37H40N2O4S2. The van der Waals surface area contributed by atoms with Gasteiger partial charge in [0.05, 0.1) is 18.6 Å². The first-order valence-electron chi connectivity index (χ1n) is 15.4. The molecule has 2 unspecified atom stereocenters. The number of esters is 1. The van der Waals surface area contributed by atoms with Crippen LogP contribution in [-0.2, 0) is 33.6 Å². The summed E-state index contributed by atoms with van der Waals surface area (Å²) >= 11 is 2.91. The summed E-state index contributed by atoms with van der Waals surface area (Å²) in [5.74, 6) is -0.221. The molecule has 2 amide bonds. The van der Waals surface area contributed by atoms with Crippen LogP contribution < -0.4 is 10.6 Å². The van der Waals surface area contributed by atoms with Crippen molar-refractivity contribution in [2.45, 2.75) is 63.5 Å². The molecule has 0 aliphatic heterocycles. The van der Waals surface area contributed by atoms with Gasteiger partial charge in [-0.3, -0.25) is 9.59 Å². The molecule has 45 heavy (non-hydrogen) atoms. The van der Waals surface area contributed by atoms with Crippen LogP contribution >= 0.6 is 23.1 Å². The fourth-order valence-electron chi connectivity index (χ4n) is 5.68. The van der Waals surface area contributed by atoms with Gasteiger partial charge in [0, 0.05) is 15.5 Å². The van der Waals surface area contributed by atoms with Crippen LogP contribution in [0.15, 0.2) is 89.8 Å². The highest BCUT2D eigenvalue weighted by Gasteiger charge is 2.35. The van der Waals surface area contributed by atoms with Crippen molar-refractivity contribution in [3.63, 3.8) is 0 Å². The van der Waals surface area contributed by atoms with Crippen molar-refractivity contribution in [3.05, 3.63) is 112 Å². The molecule has 0 saturated carbocycles. The molecule has 1 heterocycles. The Kier molecular flexibility index (Phi) is 10.5. The topological polar surface area (TPSA) is 84.5 Å². The summed E-state index contributed by atoms with van der Waals surface area (Å²) < 4.78 is 5.47. The smallest absolute Gasteiger partial charge is 0.341 e. The zero-order valence-corrected chi connectivity index (χ0v) is 27.9. The quantitative estimate of drug-likeness (QED) is 0.134. The summed E-state index contributed by atoms with van der Waals surface area (Å²) in [7, 11) is 0. The van der Waals surface area contributed by atoms with Crippen LogP contribution in [-0.4, -0.2) is 24.4 Å². The Bertz CT molecular complexity index is 1640. The third kappa shape index (κ3) is 8.24. The number of fused-ring (bicyclic) bond motifs is 1. The number of nitrogens with one attached hydrogen (secondary N) is 2. The van der Waals surface area contributed by atoms with E-state index in [1.165, 1.54) is 23.1 Å². The Balaban J connectivity index is 1.39. The molecule has 0 spiro atoms. The summed E-state index contributed by atoms with van der Waals surface area (Å²) in [6, 6.07) is 26.8. The van der Waals surface area contributed by atoms with E-state index in [9.17, 15) is 14.4 Å². The second-order valence-corrected chi connectivity index (χ2v) is 14.7. The first kappa shape index (κ1) is 32.5. The van der Waals surface area contributed by atoms with Gasteiger partial charge in [-0.05, 0) is 72.4 Å². The second kappa shape index (κ2) is 14.5. The predicted molar refractivity (Wildman–Crippen MR) is 184 cm³/mol. The molecule has 0 fully saturated rings. The zero-order valence-electron chi connectivity index (χ0n) is 26.2. The first-order valence-corrected chi connectivity index (χ1v) is 17.1. The number of rotatable bonds is 10. The molecule has 3 aromatic carbocycles. The molecule has 0 bridgehead atoms. The Hall–Kier alpha value is -3.88. The van der Waals surface area contributed by atoms with E-state index < -0.39 is 5.25 Å². The highest BCUT2D eigenvalue weighted by Crippen LogP contribution is 2.45. The van der Waals surface area contributed by atoms with Gasteiger partial charge in [-0.25, -0.2) is 4.79 Å². The maximum absolute atomic E-state index is 14.1. The average Bonchev–Trinajstić information content (AvgIpc) is 3.37. The number of carbonyl (C=O) groups excluding carboxylic acids is 3. The van der Waals surface area contributed by atoms with Gasteiger partial charge in [0.2, 0.25) is 11.8 Å². The van der Waals surface area contributed by atoms with Gasteiger partial charge in [0.1, 0.15) is 10.3 Å². The van der Waals surface area contributed by atoms with Crippen LogP contribution in [0.2, 0.25) is 0 Å². The van der Waals surface area contributed by atoms with Crippen LogP contribution in [0.3, 0.4) is 0 Å². The summed E-state index contributed by atoms with van der Waals surface area (Å²) in [5, 5.41) is 6.08. The van der Waals surface area contributed by atoms with E-state index in [-0.39, 0.29) is 36.2 Å². The average molecular weight is 641 g/mol. The molecule has 0 saturated heterocycles. The highest BCUT2D eigenvalue weighted by molar-refractivity contribution is 8.00. The lowest BCUT2D eigenvalue weighted by Gasteiger charge is -2.33. The Labute approximate surface area is 274 Å². The second-order valence-electron chi connectivity index (χ2n) is 12.4. The normalized spacial score (nSPS) is 15.1. The van der Waals surface area contributed by atoms with E-state index >= 15 is 0 Å². The van der Waals surface area contributed by atoms with Crippen LogP contribution in [0.25, 0.3) is 0 Å². The lowest BCUT2D eigenvalue weighted by Crippen LogP contribution is -2.26. The third-order valence-electron chi connectivity index (χ3n) is 8.13. The van der Waals surface area contributed by atoms with E-state index in [0.29, 0.717) is 22.2 Å². The highest BCUT2D eigenvalue weighted by atomic mass is 32.2. The SMILES string of the molecule is CCOC(=O)c1c(NC(=O)C(Sc2cccc(NC(=O)Cc3ccccc3)c2)c2ccccc2)sc2c1CCC(C(C)(C)C)C2. The standard InChI is InChI=1S/C37H40N2O4S2/c1-5-43-36(42)32-29-20-19-26(37(2,3)4)22-30(29)45-35(32)39-34(41)33(25-15-10-7-11-16-25)44-28-18-12-17-27(23-28)38-31(40)21-24-13-8-6-9-14-24/h6-18,23,26,33H,5,19-22H2,1-4H3,(H,38,40)(H,39,41). The first-order chi connectivity index (χ1) is 21.6. The molecule has 6 nitrogen and oxygen atoms in total. The number of carbonyl (C=O) groups is 3. The summed E-state index contributed by atoms with van der Waals surface area (Å²) in [6.45, 7) is 8.84. The Morgan fingerprint density at radius 1 is 0.956 bits per heavy atom. The number of amides is 2. The predicted octanol–water partition coefficient (Wildman–Crippen LogP) is 8.73. The van der Waals surface area contributed by atoms with Gasteiger partial charge in [0.15, 0.2) is 0 Å². The van der Waals surface area contributed by atoms with Crippen LogP contribution in [0, 0.1) is 11.3 Å². The van der Waals surface area contributed by atoms with Gasteiger partial charge in [-0.15, -0.1) is 23.1 Å². The van der Waals surface area contributed by atoms with Crippen molar-refractivity contribution in [1.82, 2.24) is 0 Å². The van der Waals surface area contributed by atoms with E-state index in [1.54, 1.807) is 6.92 Å². The number of anilines is 2. The fraction of sp³-hybridized carbons (Fsp3) is 0.324. The van der Waals surface area contributed by atoms with Crippen LogP contribution in [0.1, 0.15) is 71.3 Å². The molecule has 8 heteroatoms. The van der Waals surface area contributed by atoms with Crippen molar-refractivity contribution in [1.29, 1.82) is 0 Å². The Morgan fingerprint density at radius 2 is 1.67 bits per heavy atom. The largest absolute Gasteiger partial charge is 0.462 e. The van der Waals surface area contributed by atoms with Crippen molar-refractivity contribution >= 4 is 51.6 Å². The maximum atomic E-state index is 14.1. The minimum atomic E-state index is -0.599. The number of benzene rings is 3. The lowest BCUT2D eigenvalue weighted by molar-refractivity contribution is -0.116. The van der Waals surface area contributed by atoms with Gasteiger partial charge in [0.25, 0.3) is 0 Å². The van der Waals surface area contributed by atoms with Crippen LogP contribution in [0.5, 0.6) is 0 Å². The van der Waals surface area contributed by atoms with Crippen molar-refractivity contribution in [3.8, 4) is 0 Å². The summed E-state index contributed by atoms with van der Waals surface area (Å²) in [4.78, 5) is 42.0. The van der Waals surface area contributed by atoms with Gasteiger partial charge < -0.3 is 15.4 Å². The molecule has 5 rings (SSSR count). The molecule has 1 aliphatic rings. The van der Waals surface area contributed by atoms with E-state index in [2.05, 4.69) is 31.4 Å². The molecule has 0 radical (unpaired) electrons. The minimum absolute atomic E-state index is 0.109. The molecular weight excluding hydrogens is 601 g/mol. The molecule has 4 aromatic rings. The van der Waals surface area contributed by atoms with Gasteiger partial charge in [-0.2, -0.15) is 0 Å². The van der Waals surface area contributed by atoms with Gasteiger partial charge in [-0.1, -0.05) is 87.5 Å². The van der Waals surface area contributed by atoms with E-state index in [4.69, 9.17) is 4.74 Å². The number of thioether (sulfide) groups is 1. The summed E-state index contributed by atoms with van der Waals surface area (Å²) in [6.07, 6.45) is 2.94. The van der Waals surface area contributed by atoms with Gasteiger partial charge >= 0.3 is 5.97 Å².